The number of nitrogens with zero attached hydrogens (tertiary/aromatic N) is 4. The molecule has 0 aliphatic rings. The van der Waals surface area contributed by atoms with Crippen molar-refractivity contribution in [3.63, 3.8) is 0 Å². The lowest BCUT2D eigenvalue weighted by molar-refractivity contribution is 0.304. The standard InChI is InChI=1S/C23H24N4O3/c1-15(11-12-27-14-24-25-26-27)22-17(3)21(28)19-9-10-20(16(2)23(19)30-22)29-13-18-7-5-4-6-8-18/h4-10,14-15H,11-13H2,1-3H3/t15-/m0/s1. The summed E-state index contributed by atoms with van der Waals surface area (Å²) in [6, 6.07) is 13.6. The second-order valence-electron chi connectivity index (χ2n) is 7.52. The highest BCUT2D eigenvalue weighted by atomic mass is 16.5. The fourth-order valence-corrected chi connectivity index (χ4v) is 3.59. The second-order valence-corrected chi connectivity index (χ2v) is 7.52. The van der Waals surface area contributed by atoms with E-state index >= 15 is 0 Å². The van der Waals surface area contributed by atoms with Crippen molar-refractivity contribution in [1.82, 2.24) is 20.2 Å². The number of benzene rings is 2. The van der Waals surface area contributed by atoms with E-state index in [1.807, 2.05) is 57.2 Å². The first kappa shape index (κ1) is 19.8. The quantitative estimate of drug-likeness (QED) is 0.460. The summed E-state index contributed by atoms with van der Waals surface area (Å²) in [5.74, 6) is 1.45. The zero-order chi connectivity index (χ0) is 21.1. The average Bonchev–Trinajstić information content (AvgIpc) is 3.28. The van der Waals surface area contributed by atoms with Crippen LogP contribution in [0.5, 0.6) is 5.75 Å². The zero-order valence-electron chi connectivity index (χ0n) is 17.3. The van der Waals surface area contributed by atoms with E-state index in [0.717, 1.165) is 17.5 Å². The van der Waals surface area contributed by atoms with Crippen LogP contribution in [0.1, 0.15) is 41.7 Å². The molecular formula is C23H24N4O3. The molecular weight excluding hydrogens is 380 g/mol. The number of aryl methyl sites for hydroxylation is 2. The molecule has 154 valence electrons. The third-order valence-corrected chi connectivity index (χ3v) is 5.39. The Morgan fingerprint density at radius 2 is 1.90 bits per heavy atom. The number of hydrogen-bond donors (Lipinski definition) is 0. The van der Waals surface area contributed by atoms with Crippen LogP contribution in [-0.4, -0.2) is 20.2 Å². The van der Waals surface area contributed by atoms with Crippen LogP contribution in [0.15, 0.2) is 58.0 Å². The lowest BCUT2D eigenvalue weighted by Crippen LogP contribution is -2.13. The maximum absolute atomic E-state index is 13.0. The van der Waals surface area contributed by atoms with E-state index in [1.54, 1.807) is 17.1 Å². The first-order valence-corrected chi connectivity index (χ1v) is 9.99. The highest BCUT2D eigenvalue weighted by Gasteiger charge is 2.19. The number of tetrazole rings is 1. The molecule has 0 radical (unpaired) electrons. The van der Waals surface area contributed by atoms with Crippen LogP contribution in [0.25, 0.3) is 11.0 Å². The number of hydrogen-bond acceptors (Lipinski definition) is 6. The summed E-state index contributed by atoms with van der Waals surface area (Å²) in [5.41, 5.74) is 3.14. The lowest BCUT2D eigenvalue weighted by atomic mass is 9.98. The molecule has 0 amide bonds. The van der Waals surface area contributed by atoms with Crippen LogP contribution in [0.4, 0.5) is 0 Å². The van der Waals surface area contributed by atoms with Gasteiger partial charge in [0.2, 0.25) is 0 Å². The Morgan fingerprint density at radius 1 is 1.10 bits per heavy atom. The minimum absolute atomic E-state index is 0.00164. The molecule has 7 heteroatoms. The summed E-state index contributed by atoms with van der Waals surface area (Å²) >= 11 is 0. The van der Waals surface area contributed by atoms with Crippen molar-refractivity contribution in [2.75, 3.05) is 0 Å². The Kier molecular flexibility index (Phi) is 5.61. The molecule has 1 atom stereocenters. The fraction of sp³-hybridized carbons (Fsp3) is 0.304. The molecule has 4 aromatic rings. The van der Waals surface area contributed by atoms with Gasteiger partial charge in [-0.15, -0.1) is 5.10 Å². The summed E-state index contributed by atoms with van der Waals surface area (Å²) in [7, 11) is 0. The Balaban J connectivity index is 1.64. The van der Waals surface area contributed by atoms with Gasteiger partial charge in [0, 0.05) is 23.6 Å². The molecule has 0 aliphatic carbocycles. The van der Waals surface area contributed by atoms with Crippen LogP contribution in [-0.2, 0) is 13.2 Å². The fourth-order valence-electron chi connectivity index (χ4n) is 3.59. The van der Waals surface area contributed by atoms with E-state index in [1.165, 1.54) is 0 Å². The molecule has 0 saturated heterocycles. The van der Waals surface area contributed by atoms with Gasteiger partial charge in [-0.1, -0.05) is 37.3 Å². The van der Waals surface area contributed by atoms with Crippen molar-refractivity contribution in [1.29, 1.82) is 0 Å². The van der Waals surface area contributed by atoms with Crippen LogP contribution in [0.2, 0.25) is 0 Å². The predicted octanol–water partition coefficient (Wildman–Crippen LogP) is 4.17. The van der Waals surface area contributed by atoms with Gasteiger partial charge in [0.1, 0.15) is 30.0 Å². The monoisotopic (exact) mass is 404 g/mol. The molecule has 0 spiro atoms. The SMILES string of the molecule is Cc1c([C@@H](C)CCn2cnnn2)oc2c(C)c(OCc3ccccc3)ccc2c1=O. The smallest absolute Gasteiger partial charge is 0.195 e. The van der Waals surface area contributed by atoms with Crippen LogP contribution in [0.3, 0.4) is 0 Å². The van der Waals surface area contributed by atoms with Gasteiger partial charge >= 0.3 is 0 Å². The van der Waals surface area contributed by atoms with Crippen LogP contribution in [0, 0.1) is 13.8 Å². The van der Waals surface area contributed by atoms with E-state index < -0.39 is 0 Å². The van der Waals surface area contributed by atoms with Crippen LogP contribution < -0.4 is 10.2 Å². The molecule has 30 heavy (non-hydrogen) atoms. The Bertz CT molecular complexity index is 1200. The van der Waals surface area contributed by atoms with Gasteiger partial charge < -0.3 is 9.15 Å². The molecule has 2 aromatic carbocycles. The normalized spacial score (nSPS) is 12.2. The average molecular weight is 404 g/mol. The maximum atomic E-state index is 13.0. The molecule has 0 fully saturated rings. The van der Waals surface area contributed by atoms with Crippen molar-refractivity contribution in [3.8, 4) is 5.75 Å². The maximum Gasteiger partial charge on any atom is 0.195 e. The molecule has 4 rings (SSSR count). The Morgan fingerprint density at radius 3 is 2.63 bits per heavy atom. The topological polar surface area (TPSA) is 83.0 Å². The van der Waals surface area contributed by atoms with Gasteiger partial charge in [0.15, 0.2) is 5.43 Å². The van der Waals surface area contributed by atoms with Gasteiger partial charge in [0.05, 0.1) is 5.39 Å². The number of fused-ring (bicyclic) bond motifs is 1. The van der Waals surface area contributed by atoms with Crippen molar-refractivity contribution >= 4 is 11.0 Å². The molecule has 0 unspecified atom stereocenters. The molecule has 7 nitrogen and oxygen atoms in total. The van der Waals surface area contributed by atoms with Crippen LogP contribution >= 0.6 is 0 Å². The van der Waals surface area contributed by atoms with E-state index in [-0.39, 0.29) is 11.3 Å². The first-order valence-electron chi connectivity index (χ1n) is 9.99. The molecule has 0 N–H and O–H groups in total. The highest BCUT2D eigenvalue weighted by molar-refractivity contribution is 5.82. The van der Waals surface area contributed by atoms with E-state index in [4.69, 9.17) is 9.15 Å². The van der Waals surface area contributed by atoms with Gasteiger partial charge in [-0.05, 0) is 48.4 Å². The first-order chi connectivity index (χ1) is 14.5. The largest absolute Gasteiger partial charge is 0.488 e. The molecule has 2 heterocycles. The summed E-state index contributed by atoms with van der Waals surface area (Å²) in [5, 5.41) is 11.8. The Hall–Kier alpha value is -3.48. The van der Waals surface area contributed by atoms with Crippen molar-refractivity contribution in [3.05, 3.63) is 81.5 Å². The summed E-state index contributed by atoms with van der Waals surface area (Å²) in [6.45, 7) is 6.90. The minimum Gasteiger partial charge on any atom is -0.488 e. The van der Waals surface area contributed by atoms with Crippen molar-refractivity contribution in [2.24, 2.45) is 0 Å². The Labute approximate surface area is 174 Å². The minimum atomic E-state index is -0.00164. The highest BCUT2D eigenvalue weighted by Crippen LogP contribution is 2.31. The van der Waals surface area contributed by atoms with Gasteiger partial charge in [0.25, 0.3) is 0 Å². The summed E-state index contributed by atoms with van der Waals surface area (Å²) in [6.07, 6.45) is 2.33. The molecule has 0 bridgehead atoms. The number of rotatable bonds is 7. The van der Waals surface area contributed by atoms with E-state index in [0.29, 0.717) is 41.2 Å². The van der Waals surface area contributed by atoms with Gasteiger partial charge in [-0.3, -0.25) is 4.79 Å². The third-order valence-electron chi connectivity index (χ3n) is 5.39. The second kappa shape index (κ2) is 8.49. The third kappa shape index (κ3) is 3.96. The molecule has 2 aromatic heterocycles. The van der Waals surface area contributed by atoms with Crippen molar-refractivity contribution < 1.29 is 9.15 Å². The number of ether oxygens (including phenoxy) is 1. The van der Waals surface area contributed by atoms with Gasteiger partial charge in [-0.2, -0.15) is 0 Å². The number of aromatic nitrogens is 4. The van der Waals surface area contributed by atoms with Gasteiger partial charge in [-0.25, -0.2) is 4.68 Å². The van der Waals surface area contributed by atoms with E-state index in [2.05, 4.69) is 15.5 Å². The van der Waals surface area contributed by atoms with Crippen molar-refractivity contribution in [2.45, 2.75) is 46.3 Å². The predicted molar refractivity (Wildman–Crippen MR) is 114 cm³/mol. The zero-order valence-corrected chi connectivity index (χ0v) is 17.3. The summed E-state index contributed by atoms with van der Waals surface area (Å²) in [4.78, 5) is 13.0. The lowest BCUT2D eigenvalue weighted by Gasteiger charge is -2.16. The molecule has 0 saturated carbocycles. The summed E-state index contributed by atoms with van der Waals surface area (Å²) < 4.78 is 14.0. The van der Waals surface area contributed by atoms with E-state index in [9.17, 15) is 4.79 Å². The molecule has 0 aliphatic heterocycles.